The SMILES string of the molecule is N#Cc1cc(-n2c3cc(-c4ccc(C(F)(F)F)cc4C(F)(F)F)ccc3c3ccc(-c4ccc(C(F)(F)F)cc4C(F)(F)F)cc32)c(-c2ccccc2)cc1-c1ccncc1. The molecule has 0 unspecified atom stereocenters. The van der Waals surface area contributed by atoms with Crippen LogP contribution in [0.4, 0.5) is 52.7 Å². The first-order valence-corrected chi connectivity index (χ1v) is 17.9. The van der Waals surface area contributed by atoms with Crippen molar-refractivity contribution in [2.45, 2.75) is 24.7 Å². The van der Waals surface area contributed by atoms with Gasteiger partial charge in [-0.05, 0) is 94.0 Å². The van der Waals surface area contributed by atoms with Crippen LogP contribution >= 0.6 is 0 Å². The summed E-state index contributed by atoms with van der Waals surface area (Å²) in [5.74, 6) is 0. The summed E-state index contributed by atoms with van der Waals surface area (Å²) in [7, 11) is 0. The largest absolute Gasteiger partial charge is 0.417 e. The molecule has 0 bridgehead atoms. The Hall–Kier alpha value is -7.08. The highest BCUT2D eigenvalue weighted by molar-refractivity contribution is 6.12. The van der Waals surface area contributed by atoms with Crippen LogP contribution in [0.2, 0.25) is 0 Å². The third kappa shape index (κ3) is 7.54. The molecule has 0 atom stereocenters. The number of benzene rings is 6. The van der Waals surface area contributed by atoms with Crippen LogP contribution in [-0.2, 0) is 24.7 Å². The maximum atomic E-state index is 14.5. The van der Waals surface area contributed by atoms with Gasteiger partial charge in [0.15, 0.2) is 0 Å². The van der Waals surface area contributed by atoms with Gasteiger partial charge in [0.25, 0.3) is 0 Å². The van der Waals surface area contributed by atoms with E-state index in [-0.39, 0.29) is 45.5 Å². The molecule has 0 aliphatic carbocycles. The van der Waals surface area contributed by atoms with Crippen molar-refractivity contribution in [1.82, 2.24) is 9.55 Å². The van der Waals surface area contributed by atoms with Crippen molar-refractivity contribution < 1.29 is 52.7 Å². The molecule has 2 heterocycles. The Kier molecular flexibility index (Phi) is 9.72. The molecule has 8 rings (SSSR count). The maximum absolute atomic E-state index is 14.5. The highest BCUT2D eigenvalue weighted by Gasteiger charge is 2.40. The van der Waals surface area contributed by atoms with Gasteiger partial charge >= 0.3 is 24.7 Å². The smallest absolute Gasteiger partial charge is 0.309 e. The quantitative estimate of drug-likeness (QED) is 0.162. The number of nitrogens with zero attached hydrogens (tertiary/aromatic N) is 3. The van der Waals surface area contributed by atoms with Gasteiger partial charge in [-0.15, -0.1) is 0 Å². The van der Waals surface area contributed by atoms with Gasteiger partial charge < -0.3 is 4.57 Å². The molecule has 15 heteroatoms. The van der Waals surface area contributed by atoms with Gasteiger partial charge in [-0.25, -0.2) is 0 Å². The molecule has 0 spiro atoms. The molecule has 3 nitrogen and oxygen atoms in total. The van der Waals surface area contributed by atoms with Crippen LogP contribution in [-0.4, -0.2) is 9.55 Å². The Labute approximate surface area is 337 Å². The lowest BCUT2D eigenvalue weighted by Crippen LogP contribution is -2.12. The van der Waals surface area contributed by atoms with Crippen LogP contribution in [0.3, 0.4) is 0 Å². The Balaban J connectivity index is 1.50. The molecule has 0 saturated carbocycles. The topological polar surface area (TPSA) is 41.6 Å². The third-order valence-electron chi connectivity index (χ3n) is 10.3. The second kappa shape index (κ2) is 14.6. The fraction of sp³-hybridized carbons (Fsp3) is 0.0870. The number of halogens is 12. The van der Waals surface area contributed by atoms with Gasteiger partial charge in [0, 0.05) is 34.3 Å². The molecule has 8 aromatic rings. The molecule has 6 aromatic carbocycles. The summed E-state index contributed by atoms with van der Waals surface area (Å²) in [6.07, 6.45) is -17.7. The molecular weight excluding hydrogens is 823 g/mol. The number of aromatic nitrogens is 2. The molecule has 0 aliphatic rings. The minimum Gasteiger partial charge on any atom is -0.309 e. The fourth-order valence-electron chi connectivity index (χ4n) is 7.51. The van der Waals surface area contributed by atoms with Crippen molar-refractivity contribution in [1.29, 1.82) is 5.26 Å². The predicted molar refractivity (Wildman–Crippen MR) is 205 cm³/mol. The van der Waals surface area contributed by atoms with Crippen molar-refractivity contribution in [3.05, 3.63) is 168 Å². The first-order chi connectivity index (χ1) is 28.7. The van der Waals surface area contributed by atoms with Crippen LogP contribution in [0.1, 0.15) is 27.8 Å². The first-order valence-electron chi connectivity index (χ1n) is 17.9. The lowest BCUT2D eigenvalue weighted by molar-refractivity contribution is -0.144. The summed E-state index contributed by atoms with van der Waals surface area (Å²) >= 11 is 0. The summed E-state index contributed by atoms with van der Waals surface area (Å²) in [4.78, 5) is 4.04. The Morgan fingerprint density at radius 2 is 0.902 bits per heavy atom. The van der Waals surface area contributed by atoms with E-state index in [0.29, 0.717) is 57.3 Å². The minimum atomic E-state index is -5.24. The van der Waals surface area contributed by atoms with E-state index in [9.17, 15) is 57.9 Å². The van der Waals surface area contributed by atoms with Crippen LogP contribution in [0.15, 0.2) is 140 Å². The lowest BCUT2D eigenvalue weighted by Gasteiger charge is -2.19. The van der Waals surface area contributed by atoms with Crippen molar-refractivity contribution in [3.8, 4) is 56.3 Å². The van der Waals surface area contributed by atoms with E-state index in [1.807, 2.05) is 0 Å². The third-order valence-corrected chi connectivity index (χ3v) is 10.3. The van der Waals surface area contributed by atoms with Gasteiger partial charge in [-0.2, -0.15) is 57.9 Å². The summed E-state index contributed by atoms with van der Waals surface area (Å²) in [5, 5.41) is 11.2. The number of alkyl halides is 12. The van der Waals surface area contributed by atoms with Gasteiger partial charge in [0.2, 0.25) is 0 Å². The maximum Gasteiger partial charge on any atom is 0.417 e. The average Bonchev–Trinajstić information content (AvgIpc) is 3.54. The number of fused-ring (bicyclic) bond motifs is 3. The number of nitriles is 1. The number of hydrogen-bond donors (Lipinski definition) is 0. The predicted octanol–water partition coefficient (Wildman–Crippen LogP) is 14.8. The Morgan fingerprint density at radius 1 is 0.426 bits per heavy atom. The van der Waals surface area contributed by atoms with Crippen molar-refractivity contribution in [3.63, 3.8) is 0 Å². The Morgan fingerprint density at radius 3 is 1.34 bits per heavy atom. The van der Waals surface area contributed by atoms with Crippen molar-refractivity contribution in [2.75, 3.05) is 0 Å². The van der Waals surface area contributed by atoms with Crippen LogP contribution in [0.25, 0.3) is 72.0 Å². The van der Waals surface area contributed by atoms with Gasteiger partial charge in [0.05, 0.1) is 50.6 Å². The lowest BCUT2D eigenvalue weighted by atomic mass is 9.93. The zero-order chi connectivity index (χ0) is 43.6. The molecule has 0 aliphatic heterocycles. The normalized spacial score (nSPS) is 12.6. The molecule has 0 saturated heterocycles. The molecule has 0 radical (unpaired) electrons. The Bertz CT molecular complexity index is 2890. The van der Waals surface area contributed by atoms with Gasteiger partial charge in [-0.1, -0.05) is 66.7 Å². The second-order valence-electron chi connectivity index (χ2n) is 13.9. The summed E-state index contributed by atoms with van der Waals surface area (Å²) in [6.45, 7) is 0. The molecule has 0 fully saturated rings. The van der Waals surface area contributed by atoms with E-state index in [1.165, 1.54) is 59.4 Å². The molecule has 306 valence electrons. The molecular formula is C46H23F12N3. The monoisotopic (exact) mass is 845 g/mol. The van der Waals surface area contributed by atoms with E-state index in [0.717, 1.165) is 0 Å². The highest BCUT2D eigenvalue weighted by Crippen LogP contribution is 2.46. The van der Waals surface area contributed by atoms with Gasteiger partial charge in [-0.3, -0.25) is 4.98 Å². The average molecular weight is 846 g/mol. The first kappa shape index (κ1) is 40.7. The summed E-state index contributed by atoms with van der Waals surface area (Å²) < 4.78 is 170. The van der Waals surface area contributed by atoms with E-state index < -0.39 is 58.1 Å². The zero-order valence-electron chi connectivity index (χ0n) is 30.7. The summed E-state index contributed by atoms with van der Waals surface area (Å²) in [5.41, 5.74) is -5.10. The highest BCUT2D eigenvalue weighted by atomic mass is 19.4. The standard InChI is InChI=1S/C46H23F12N3/c47-43(48,49)30-8-12-32(38(21-30)45(53,54)55)27-6-10-34-35-11-7-28(33-13-9-31(44(50,51)52)22-39(33)46(56,57)58)19-41(35)61(40(34)18-27)42-20-29(24-59)36(26-14-16-60-17-15-26)23-37(42)25-4-2-1-3-5-25/h1-23H. The molecule has 0 amide bonds. The molecule has 0 N–H and O–H groups in total. The fourth-order valence-corrected chi connectivity index (χ4v) is 7.51. The molecule has 61 heavy (non-hydrogen) atoms. The number of hydrogen-bond acceptors (Lipinski definition) is 2. The van der Waals surface area contributed by atoms with Crippen LogP contribution in [0, 0.1) is 11.3 Å². The van der Waals surface area contributed by atoms with Crippen LogP contribution in [0.5, 0.6) is 0 Å². The molecule has 2 aromatic heterocycles. The van der Waals surface area contributed by atoms with E-state index in [4.69, 9.17) is 0 Å². The summed E-state index contributed by atoms with van der Waals surface area (Å²) in [6, 6.07) is 27.7. The van der Waals surface area contributed by atoms with E-state index in [2.05, 4.69) is 11.1 Å². The minimum absolute atomic E-state index is 0.00811. The van der Waals surface area contributed by atoms with Crippen molar-refractivity contribution >= 4 is 21.8 Å². The van der Waals surface area contributed by atoms with Gasteiger partial charge in [0.1, 0.15) is 0 Å². The second-order valence-corrected chi connectivity index (χ2v) is 13.9. The zero-order valence-corrected chi connectivity index (χ0v) is 30.7. The number of rotatable bonds is 5. The van der Waals surface area contributed by atoms with E-state index >= 15 is 0 Å². The number of pyridine rings is 1. The van der Waals surface area contributed by atoms with Crippen molar-refractivity contribution in [2.24, 2.45) is 0 Å². The van der Waals surface area contributed by atoms with E-state index in [1.54, 1.807) is 48.5 Å². The van der Waals surface area contributed by atoms with Crippen LogP contribution < -0.4 is 0 Å².